The lowest BCUT2D eigenvalue weighted by atomic mass is 10.1. The standard InChI is InChI=1S/C14H17NO2/c1-10-8-9-15(14(10)16)11(2)12-4-6-13(17-3)7-5-12/h4-9,11,16H,1-3H3/t11-/m0/s1. The fourth-order valence-electron chi connectivity index (χ4n) is 1.90. The molecule has 1 heterocycles. The van der Waals surface area contributed by atoms with Crippen LogP contribution in [0.4, 0.5) is 0 Å². The van der Waals surface area contributed by atoms with E-state index in [4.69, 9.17) is 4.74 Å². The van der Waals surface area contributed by atoms with Gasteiger partial charge in [0.25, 0.3) is 0 Å². The predicted octanol–water partition coefficient (Wildman–Crippen LogP) is 3.12. The van der Waals surface area contributed by atoms with Gasteiger partial charge in [0.05, 0.1) is 13.2 Å². The lowest BCUT2D eigenvalue weighted by Crippen LogP contribution is -2.04. The fourth-order valence-corrected chi connectivity index (χ4v) is 1.90. The van der Waals surface area contributed by atoms with E-state index in [-0.39, 0.29) is 6.04 Å². The van der Waals surface area contributed by atoms with E-state index in [1.807, 2.05) is 48.0 Å². The third kappa shape index (κ3) is 2.13. The number of aryl methyl sites for hydroxylation is 1. The third-order valence-corrected chi connectivity index (χ3v) is 3.10. The molecule has 90 valence electrons. The molecule has 0 aliphatic rings. The molecule has 1 atom stereocenters. The highest BCUT2D eigenvalue weighted by Gasteiger charge is 2.12. The van der Waals surface area contributed by atoms with Crippen molar-refractivity contribution in [3.63, 3.8) is 0 Å². The van der Waals surface area contributed by atoms with Crippen LogP contribution in [0.3, 0.4) is 0 Å². The summed E-state index contributed by atoms with van der Waals surface area (Å²) in [6, 6.07) is 9.90. The zero-order valence-corrected chi connectivity index (χ0v) is 10.3. The molecular weight excluding hydrogens is 214 g/mol. The molecule has 1 N–H and O–H groups in total. The maximum absolute atomic E-state index is 9.91. The normalized spacial score (nSPS) is 12.4. The molecule has 2 rings (SSSR count). The highest BCUT2D eigenvalue weighted by Crippen LogP contribution is 2.27. The molecule has 0 bridgehead atoms. The number of ether oxygens (including phenoxy) is 1. The fraction of sp³-hybridized carbons (Fsp3) is 0.286. The molecule has 0 fully saturated rings. The van der Waals surface area contributed by atoms with Gasteiger partial charge >= 0.3 is 0 Å². The second-order valence-corrected chi connectivity index (χ2v) is 4.18. The second kappa shape index (κ2) is 4.53. The Morgan fingerprint density at radius 3 is 2.29 bits per heavy atom. The number of nitrogens with zero attached hydrogens (tertiary/aromatic N) is 1. The zero-order chi connectivity index (χ0) is 12.4. The summed E-state index contributed by atoms with van der Waals surface area (Å²) in [6.45, 7) is 3.95. The number of aromatic nitrogens is 1. The van der Waals surface area contributed by atoms with E-state index in [0.717, 1.165) is 16.9 Å². The summed E-state index contributed by atoms with van der Waals surface area (Å²) in [6.07, 6.45) is 1.90. The summed E-state index contributed by atoms with van der Waals surface area (Å²) in [4.78, 5) is 0. The van der Waals surface area contributed by atoms with Crippen LogP contribution in [0.1, 0.15) is 24.1 Å². The van der Waals surface area contributed by atoms with Crippen molar-refractivity contribution in [2.45, 2.75) is 19.9 Å². The van der Waals surface area contributed by atoms with Gasteiger partial charge in [0.1, 0.15) is 5.75 Å². The lowest BCUT2D eigenvalue weighted by Gasteiger charge is -2.16. The van der Waals surface area contributed by atoms with Crippen molar-refractivity contribution >= 4 is 0 Å². The largest absolute Gasteiger partial charge is 0.497 e. The highest BCUT2D eigenvalue weighted by atomic mass is 16.5. The number of rotatable bonds is 3. The minimum Gasteiger partial charge on any atom is -0.497 e. The van der Waals surface area contributed by atoms with Gasteiger partial charge in [0.2, 0.25) is 0 Å². The SMILES string of the molecule is COc1ccc([C@H](C)n2ccc(C)c2O)cc1. The molecule has 0 aliphatic heterocycles. The topological polar surface area (TPSA) is 34.4 Å². The van der Waals surface area contributed by atoms with Gasteiger partial charge in [-0.2, -0.15) is 0 Å². The molecule has 0 spiro atoms. The minimum absolute atomic E-state index is 0.106. The summed E-state index contributed by atoms with van der Waals surface area (Å²) >= 11 is 0. The average molecular weight is 231 g/mol. The van der Waals surface area contributed by atoms with E-state index < -0.39 is 0 Å². The van der Waals surface area contributed by atoms with Gasteiger partial charge in [-0.05, 0) is 37.6 Å². The molecule has 0 radical (unpaired) electrons. The molecule has 1 aromatic heterocycles. The maximum atomic E-state index is 9.91. The molecule has 1 aromatic carbocycles. The number of benzene rings is 1. The van der Waals surface area contributed by atoms with Gasteiger partial charge in [0.15, 0.2) is 5.88 Å². The Bertz CT molecular complexity index is 499. The molecule has 0 amide bonds. The Labute approximate surface area is 101 Å². The number of hydrogen-bond donors (Lipinski definition) is 1. The Hall–Kier alpha value is -1.90. The van der Waals surface area contributed by atoms with Crippen molar-refractivity contribution in [3.05, 3.63) is 47.7 Å². The lowest BCUT2D eigenvalue weighted by molar-refractivity contribution is 0.403. The van der Waals surface area contributed by atoms with E-state index in [2.05, 4.69) is 6.92 Å². The molecule has 0 aliphatic carbocycles. The third-order valence-electron chi connectivity index (χ3n) is 3.10. The van der Waals surface area contributed by atoms with Crippen LogP contribution in [-0.2, 0) is 0 Å². The van der Waals surface area contributed by atoms with Crippen molar-refractivity contribution in [2.75, 3.05) is 7.11 Å². The second-order valence-electron chi connectivity index (χ2n) is 4.18. The summed E-state index contributed by atoms with van der Waals surface area (Å²) in [5.74, 6) is 1.17. The molecule has 3 nitrogen and oxygen atoms in total. The Morgan fingerprint density at radius 1 is 1.18 bits per heavy atom. The Kier molecular flexibility index (Phi) is 3.09. The summed E-state index contributed by atoms with van der Waals surface area (Å²) in [5.41, 5.74) is 2.03. The summed E-state index contributed by atoms with van der Waals surface area (Å²) in [7, 11) is 1.65. The monoisotopic (exact) mass is 231 g/mol. The first kappa shape index (κ1) is 11.6. The molecule has 0 unspecified atom stereocenters. The van der Waals surface area contributed by atoms with Crippen LogP contribution in [0, 0.1) is 6.92 Å². The number of hydrogen-bond acceptors (Lipinski definition) is 2. The molecule has 17 heavy (non-hydrogen) atoms. The van der Waals surface area contributed by atoms with E-state index >= 15 is 0 Å². The minimum atomic E-state index is 0.106. The maximum Gasteiger partial charge on any atom is 0.194 e. The van der Waals surface area contributed by atoms with Crippen LogP contribution in [-0.4, -0.2) is 16.8 Å². The van der Waals surface area contributed by atoms with Crippen LogP contribution in [0.25, 0.3) is 0 Å². The average Bonchev–Trinajstić information content (AvgIpc) is 2.69. The number of methoxy groups -OCH3 is 1. The van der Waals surface area contributed by atoms with Gasteiger partial charge in [-0.1, -0.05) is 12.1 Å². The van der Waals surface area contributed by atoms with E-state index in [1.165, 1.54) is 0 Å². The smallest absolute Gasteiger partial charge is 0.194 e. The van der Waals surface area contributed by atoms with Gasteiger partial charge in [0, 0.05) is 11.8 Å². The molecule has 3 heteroatoms. The first-order chi connectivity index (χ1) is 8.13. The molecular formula is C14H17NO2. The van der Waals surface area contributed by atoms with E-state index in [9.17, 15) is 5.11 Å². The van der Waals surface area contributed by atoms with Gasteiger partial charge in [-0.3, -0.25) is 0 Å². The van der Waals surface area contributed by atoms with Crippen molar-refractivity contribution in [1.29, 1.82) is 0 Å². The van der Waals surface area contributed by atoms with Crippen molar-refractivity contribution in [2.24, 2.45) is 0 Å². The van der Waals surface area contributed by atoms with Gasteiger partial charge < -0.3 is 14.4 Å². The van der Waals surface area contributed by atoms with Crippen LogP contribution >= 0.6 is 0 Å². The van der Waals surface area contributed by atoms with E-state index in [1.54, 1.807) is 7.11 Å². The first-order valence-corrected chi connectivity index (χ1v) is 5.64. The van der Waals surface area contributed by atoms with Crippen LogP contribution in [0.5, 0.6) is 11.6 Å². The Balaban J connectivity index is 2.30. The molecule has 2 aromatic rings. The Morgan fingerprint density at radius 2 is 1.82 bits per heavy atom. The van der Waals surface area contributed by atoms with Crippen molar-refractivity contribution < 1.29 is 9.84 Å². The van der Waals surface area contributed by atoms with Crippen LogP contribution in [0.15, 0.2) is 36.5 Å². The summed E-state index contributed by atoms with van der Waals surface area (Å²) < 4.78 is 6.98. The van der Waals surface area contributed by atoms with Gasteiger partial charge in [-0.15, -0.1) is 0 Å². The first-order valence-electron chi connectivity index (χ1n) is 5.64. The quantitative estimate of drug-likeness (QED) is 0.880. The summed E-state index contributed by atoms with van der Waals surface area (Å²) in [5, 5.41) is 9.91. The van der Waals surface area contributed by atoms with Crippen LogP contribution in [0.2, 0.25) is 0 Å². The van der Waals surface area contributed by atoms with Gasteiger partial charge in [-0.25, -0.2) is 0 Å². The van der Waals surface area contributed by atoms with Crippen LogP contribution < -0.4 is 4.74 Å². The van der Waals surface area contributed by atoms with Crippen molar-refractivity contribution in [3.8, 4) is 11.6 Å². The molecule has 0 saturated carbocycles. The number of aromatic hydroxyl groups is 1. The van der Waals surface area contributed by atoms with E-state index in [0.29, 0.717) is 5.88 Å². The molecule has 0 saturated heterocycles. The zero-order valence-electron chi connectivity index (χ0n) is 10.3. The predicted molar refractivity (Wildman–Crippen MR) is 67.6 cm³/mol. The highest BCUT2D eigenvalue weighted by molar-refractivity contribution is 5.32. The van der Waals surface area contributed by atoms with Crippen molar-refractivity contribution in [1.82, 2.24) is 4.57 Å².